The summed E-state index contributed by atoms with van der Waals surface area (Å²) in [4.78, 5) is 0. The lowest BCUT2D eigenvalue weighted by Gasteiger charge is -2.31. The Labute approximate surface area is 154 Å². The highest BCUT2D eigenvalue weighted by Gasteiger charge is 2.21. The molecule has 1 aliphatic rings. The fourth-order valence-corrected chi connectivity index (χ4v) is 3.33. The van der Waals surface area contributed by atoms with Crippen molar-refractivity contribution < 1.29 is 5.11 Å². The molecule has 0 saturated carbocycles. The second-order valence-corrected chi connectivity index (χ2v) is 8.82. The second kappa shape index (κ2) is 11.4. The van der Waals surface area contributed by atoms with Crippen LogP contribution in [0.4, 0.5) is 0 Å². The summed E-state index contributed by atoms with van der Waals surface area (Å²) in [6.07, 6.45) is 1.22. The third-order valence-corrected chi connectivity index (χ3v) is 4.38. The maximum Gasteiger partial charge on any atom is 0.0558 e. The molecule has 1 aliphatic heterocycles. The van der Waals surface area contributed by atoms with Crippen molar-refractivity contribution in [3.05, 3.63) is 0 Å². The van der Waals surface area contributed by atoms with E-state index in [2.05, 4.69) is 49.0 Å². The highest BCUT2D eigenvalue weighted by atomic mass is 16.3. The zero-order valence-corrected chi connectivity index (χ0v) is 16.6. The summed E-state index contributed by atoms with van der Waals surface area (Å²) in [6.45, 7) is 13.3. The van der Waals surface area contributed by atoms with Gasteiger partial charge in [-0.1, -0.05) is 6.92 Å². The van der Waals surface area contributed by atoms with Gasteiger partial charge in [0.1, 0.15) is 0 Å². The van der Waals surface area contributed by atoms with Gasteiger partial charge in [0.2, 0.25) is 0 Å². The lowest BCUT2D eigenvalue weighted by molar-refractivity contribution is 0.117. The summed E-state index contributed by atoms with van der Waals surface area (Å²) in [6, 6.07) is 0.343. The minimum Gasteiger partial charge on any atom is -0.393 e. The van der Waals surface area contributed by atoms with E-state index in [4.69, 9.17) is 11.5 Å². The molecular weight excluding hydrogens is 316 g/mol. The van der Waals surface area contributed by atoms with Crippen LogP contribution in [0.1, 0.15) is 40.5 Å². The maximum absolute atomic E-state index is 10.5. The number of aliphatic hydroxyl groups is 1. The van der Waals surface area contributed by atoms with Crippen molar-refractivity contribution in [3.8, 4) is 0 Å². The molecule has 1 rings (SSSR count). The van der Waals surface area contributed by atoms with Crippen molar-refractivity contribution in [1.29, 1.82) is 0 Å². The monoisotopic (exact) mass is 358 g/mol. The summed E-state index contributed by atoms with van der Waals surface area (Å²) < 4.78 is 0. The van der Waals surface area contributed by atoms with E-state index in [1.54, 1.807) is 0 Å². The van der Waals surface area contributed by atoms with Crippen LogP contribution >= 0.6 is 0 Å². The maximum atomic E-state index is 10.5. The number of hydrogen-bond donors (Lipinski definition) is 7. The number of rotatable bonds is 1. The summed E-state index contributed by atoms with van der Waals surface area (Å²) in [7, 11) is 0. The summed E-state index contributed by atoms with van der Waals surface area (Å²) in [5.41, 5.74) is 12.3. The first kappa shape index (κ1) is 22.8. The highest BCUT2D eigenvalue weighted by Crippen LogP contribution is 2.12. The molecule has 1 saturated heterocycles. The molecule has 1 heterocycles. The molecule has 0 aromatic rings. The Morgan fingerprint density at radius 3 is 1.84 bits per heavy atom. The first-order valence-corrected chi connectivity index (χ1v) is 9.74. The van der Waals surface area contributed by atoms with Crippen LogP contribution in [-0.2, 0) is 0 Å². The van der Waals surface area contributed by atoms with Crippen molar-refractivity contribution in [2.24, 2.45) is 17.4 Å². The normalized spacial score (nSPS) is 35.4. The van der Waals surface area contributed by atoms with Crippen LogP contribution < -0.4 is 32.7 Å². The smallest absolute Gasteiger partial charge is 0.0558 e. The van der Waals surface area contributed by atoms with Gasteiger partial charge in [-0.05, 0) is 46.1 Å². The molecular formula is C18H42N6O. The van der Waals surface area contributed by atoms with Gasteiger partial charge in [-0.3, -0.25) is 0 Å². The molecule has 7 heteroatoms. The first-order valence-electron chi connectivity index (χ1n) is 9.74. The van der Waals surface area contributed by atoms with Gasteiger partial charge in [-0.2, -0.15) is 0 Å². The molecule has 0 aromatic carbocycles. The quantitative estimate of drug-likeness (QED) is 0.320. The van der Waals surface area contributed by atoms with E-state index < -0.39 is 0 Å². The van der Waals surface area contributed by atoms with Gasteiger partial charge in [0.15, 0.2) is 0 Å². The first-order chi connectivity index (χ1) is 11.7. The molecule has 0 aliphatic carbocycles. The van der Waals surface area contributed by atoms with Crippen LogP contribution in [0.5, 0.6) is 0 Å². The molecule has 150 valence electrons. The summed E-state index contributed by atoms with van der Waals surface area (Å²) in [5, 5.41) is 24.3. The third-order valence-electron chi connectivity index (χ3n) is 4.38. The van der Waals surface area contributed by atoms with Crippen LogP contribution in [0.3, 0.4) is 0 Å². The van der Waals surface area contributed by atoms with E-state index in [0.717, 1.165) is 52.1 Å². The van der Waals surface area contributed by atoms with Crippen molar-refractivity contribution >= 4 is 0 Å². The average Bonchev–Trinajstić information content (AvgIpc) is 2.44. The topological polar surface area (TPSA) is 120 Å². The van der Waals surface area contributed by atoms with E-state index in [0.29, 0.717) is 5.92 Å². The highest BCUT2D eigenvalue weighted by molar-refractivity contribution is 4.83. The Balaban J connectivity index is 2.62. The summed E-state index contributed by atoms with van der Waals surface area (Å²) >= 11 is 0. The number of hydrogen-bond acceptors (Lipinski definition) is 7. The lowest BCUT2D eigenvalue weighted by Crippen LogP contribution is -2.52. The van der Waals surface area contributed by atoms with Gasteiger partial charge >= 0.3 is 0 Å². The molecule has 0 aromatic heterocycles. The predicted molar refractivity (Wildman–Crippen MR) is 106 cm³/mol. The molecule has 5 atom stereocenters. The molecule has 4 unspecified atom stereocenters. The van der Waals surface area contributed by atoms with Crippen LogP contribution in [0.15, 0.2) is 0 Å². The van der Waals surface area contributed by atoms with E-state index in [-0.39, 0.29) is 29.8 Å². The van der Waals surface area contributed by atoms with E-state index in [9.17, 15) is 5.11 Å². The lowest BCUT2D eigenvalue weighted by atomic mass is 9.96. The third kappa shape index (κ3) is 11.9. The Kier molecular flexibility index (Phi) is 10.4. The van der Waals surface area contributed by atoms with Gasteiger partial charge in [-0.15, -0.1) is 0 Å². The second-order valence-electron chi connectivity index (χ2n) is 8.82. The van der Waals surface area contributed by atoms with Crippen molar-refractivity contribution in [2.75, 3.05) is 39.3 Å². The fourth-order valence-electron chi connectivity index (χ4n) is 3.33. The Bertz CT molecular complexity index is 349. The molecule has 7 nitrogen and oxygen atoms in total. The van der Waals surface area contributed by atoms with Gasteiger partial charge < -0.3 is 37.8 Å². The molecule has 0 spiro atoms. The van der Waals surface area contributed by atoms with Crippen LogP contribution in [0.25, 0.3) is 0 Å². The van der Waals surface area contributed by atoms with Crippen LogP contribution in [0.2, 0.25) is 0 Å². The van der Waals surface area contributed by atoms with E-state index >= 15 is 0 Å². The van der Waals surface area contributed by atoms with E-state index in [1.165, 1.54) is 0 Å². The molecule has 0 radical (unpaired) electrons. The number of aliphatic hydroxyl groups excluding tert-OH is 1. The molecule has 9 N–H and O–H groups in total. The van der Waals surface area contributed by atoms with Crippen molar-refractivity contribution in [2.45, 2.75) is 70.3 Å². The van der Waals surface area contributed by atoms with Gasteiger partial charge in [0, 0.05) is 56.4 Å². The number of nitrogens with two attached hydrogens (primary N) is 2. The summed E-state index contributed by atoms with van der Waals surface area (Å²) in [5.74, 6) is 0.416. The average molecular weight is 359 g/mol. The molecule has 0 amide bonds. The van der Waals surface area contributed by atoms with Gasteiger partial charge in [0.25, 0.3) is 0 Å². The number of nitrogens with one attached hydrogen (secondary N) is 4. The van der Waals surface area contributed by atoms with Gasteiger partial charge in [0.05, 0.1) is 6.10 Å². The minimum atomic E-state index is -0.310. The molecule has 25 heavy (non-hydrogen) atoms. The van der Waals surface area contributed by atoms with E-state index in [1.807, 2.05) is 0 Å². The minimum absolute atomic E-state index is 0.0138. The Morgan fingerprint density at radius 1 is 0.840 bits per heavy atom. The molecule has 0 bridgehead atoms. The standard InChI is InChI=1S/C18H42N6O/c1-13-5-17(25)6-16(24-18(2,3)4)12-23-11-15(20)10-22-9-14(19)8-21-7-13/h13-17,21-25H,5-12,19-20H2,1-4H3/t13?,14?,15?,16?,17-/m1/s1. The Morgan fingerprint density at radius 2 is 1.32 bits per heavy atom. The zero-order valence-electron chi connectivity index (χ0n) is 16.6. The molecule has 1 fully saturated rings. The largest absolute Gasteiger partial charge is 0.393 e. The fraction of sp³-hybridized carbons (Fsp3) is 1.00. The van der Waals surface area contributed by atoms with Crippen LogP contribution in [-0.4, -0.2) is 74.1 Å². The zero-order chi connectivity index (χ0) is 18.9. The SMILES string of the molecule is CC1CNCC(N)CNCC(N)CNCC(NC(C)(C)C)C[C@H](O)C1. The van der Waals surface area contributed by atoms with Gasteiger partial charge in [-0.25, -0.2) is 0 Å². The van der Waals surface area contributed by atoms with Crippen LogP contribution in [0, 0.1) is 5.92 Å². The Hall–Kier alpha value is -0.280. The van der Waals surface area contributed by atoms with Crippen molar-refractivity contribution in [1.82, 2.24) is 21.3 Å². The van der Waals surface area contributed by atoms with Crippen molar-refractivity contribution in [3.63, 3.8) is 0 Å². The predicted octanol–water partition coefficient (Wildman–Crippen LogP) is -1.04.